The maximum atomic E-state index is 13.5. The van der Waals surface area contributed by atoms with E-state index in [9.17, 15) is 62.6 Å². The zero-order chi connectivity index (χ0) is 109. The Labute approximate surface area is 873 Å². The maximum absolute atomic E-state index is 13.5. The van der Waals surface area contributed by atoms with Gasteiger partial charge < -0.3 is 76.3 Å². The molecule has 796 valence electrons. The molecule has 0 heterocycles. The molecule has 10 aromatic rings. The van der Waals surface area contributed by atoms with Crippen molar-refractivity contribution in [3.63, 3.8) is 0 Å². The molecular weight excluding hydrogens is 1880 g/mol. The van der Waals surface area contributed by atoms with E-state index in [-0.39, 0.29) is 106 Å². The fraction of sp³-hybridized carbons (Fsp3) is 0.405. The smallest absolute Gasteiger partial charge is 0.408 e. The number of esters is 4. The van der Waals surface area contributed by atoms with Crippen LogP contribution in [0.15, 0.2) is 303 Å². The molecule has 3 amide bonds. The van der Waals surface area contributed by atoms with Gasteiger partial charge in [0.25, 0.3) is 0 Å². The van der Waals surface area contributed by atoms with E-state index in [0.29, 0.717) is 70.1 Å². The first kappa shape index (κ1) is 124. The number of ether oxygens (including phenoxy) is 6. The van der Waals surface area contributed by atoms with E-state index in [4.69, 9.17) is 55.2 Å². The van der Waals surface area contributed by atoms with Crippen molar-refractivity contribution in [2.24, 2.45) is 52.9 Å². The zero-order valence-corrected chi connectivity index (χ0v) is 88.2. The number of aliphatic hydroxyl groups excluding tert-OH is 2. The highest BCUT2D eigenvalue weighted by Gasteiger charge is 2.35. The molecule has 0 aromatic heterocycles. The zero-order valence-electron chi connectivity index (χ0n) is 88.2. The number of alkyl carbamates (subject to hydrolysis) is 2. The average Bonchev–Trinajstić information content (AvgIpc) is 0.877. The molecule has 0 saturated carbocycles. The highest BCUT2D eigenvalue weighted by atomic mass is 16.6. The van der Waals surface area contributed by atoms with E-state index in [1.807, 2.05) is 359 Å². The minimum absolute atomic E-state index is 0.0320. The van der Waals surface area contributed by atoms with Crippen LogP contribution < -0.4 is 27.4 Å². The molecule has 0 aliphatic rings. The van der Waals surface area contributed by atoms with Crippen LogP contribution in [0, 0.1) is 41.4 Å². The topological polar surface area (TPSA) is 429 Å². The molecule has 0 aliphatic heterocycles. The number of carboxylic acid groups (broad SMARTS) is 2. The SMILES string of the molecule is CC(C)C[C@H](N)C(=O)C[C@@H](Cc1ccccc1)C(=O)OCc1ccccc1.CC(C)C[C@H](NC(=O)OC(C)(C)C)C(=O)C[C@@H](Cc1ccccc1)C(=O)OCc1ccccc1.CC(C)C[C@H](NC(=O)OC(C)(C)C)C(=O)O.CC(C)C[C@H](NC(=O)[C@@H](O)CCc1ccccc1)C(=O)C[C@@H](Cc1ccccc1)C(=O)OCc1ccccc1.N[C@@H](Cc1ccccc1)C(=O)OCc1ccccc1.O=C(O)[C@@H](O)CCc1ccccc1. The van der Waals surface area contributed by atoms with Gasteiger partial charge in [0.2, 0.25) is 5.91 Å². The minimum Gasteiger partial charge on any atom is -0.480 e. The second-order valence-corrected chi connectivity index (χ2v) is 40.2. The number of carbonyl (C=O) groups excluding carboxylic acids is 10. The number of Topliss-reactive ketones (excluding diaryl/α,β-unsaturated/α-hetero) is 3. The third-order valence-corrected chi connectivity index (χ3v) is 22.5. The van der Waals surface area contributed by atoms with Crippen molar-refractivity contribution in [1.82, 2.24) is 16.0 Å². The number of benzene rings is 10. The van der Waals surface area contributed by atoms with Gasteiger partial charge in [-0.2, -0.15) is 0 Å². The van der Waals surface area contributed by atoms with Crippen molar-refractivity contribution >= 4 is 71.3 Å². The van der Waals surface area contributed by atoms with Gasteiger partial charge in [0.05, 0.1) is 35.9 Å². The summed E-state index contributed by atoms with van der Waals surface area (Å²) in [6.45, 7) is 27.0. The number of rotatable bonds is 49. The first-order valence-electron chi connectivity index (χ1n) is 50.6. The van der Waals surface area contributed by atoms with Crippen LogP contribution in [-0.2, 0) is 141 Å². The third kappa shape index (κ3) is 55.4. The number of aliphatic carboxylic acids is 2. The van der Waals surface area contributed by atoms with E-state index in [2.05, 4.69) is 16.0 Å². The number of ketones is 3. The van der Waals surface area contributed by atoms with Crippen molar-refractivity contribution < 1.29 is 106 Å². The second kappa shape index (κ2) is 68.4. The monoisotopic (exact) mass is 2030 g/mol. The summed E-state index contributed by atoms with van der Waals surface area (Å²) >= 11 is 0. The van der Waals surface area contributed by atoms with Gasteiger partial charge in [0.15, 0.2) is 17.7 Å². The molecule has 0 radical (unpaired) electrons. The Bertz CT molecular complexity index is 5510. The molecule has 11 N–H and O–H groups in total. The summed E-state index contributed by atoms with van der Waals surface area (Å²) in [6.07, 6.45) is 1.40. The van der Waals surface area contributed by atoms with Crippen LogP contribution >= 0.6 is 0 Å². The van der Waals surface area contributed by atoms with Gasteiger partial charge in [0, 0.05) is 19.3 Å². The Hall–Kier alpha value is -14.1. The van der Waals surface area contributed by atoms with E-state index in [0.717, 1.165) is 55.6 Å². The molecule has 27 heteroatoms. The second-order valence-electron chi connectivity index (χ2n) is 40.2. The minimum atomic E-state index is -1.25. The van der Waals surface area contributed by atoms with Crippen LogP contribution in [0.25, 0.3) is 0 Å². The Morgan fingerprint density at radius 2 is 0.514 bits per heavy atom. The third-order valence-electron chi connectivity index (χ3n) is 22.5. The predicted octanol–water partition coefficient (Wildman–Crippen LogP) is 19.9. The number of nitrogens with two attached hydrogens (primary N) is 2. The van der Waals surface area contributed by atoms with E-state index >= 15 is 0 Å². The first-order chi connectivity index (χ1) is 70.4. The van der Waals surface area contributed by atoms with Gasteiger partial charge in [0.1, 0.15) is 61.6 Å². The highest BCUT2D eigenvalue weighted by Crippen LogP contribution is 2.25. The van der Waals surface area contributed by atoms with Crippen LogP contribution in [-0.4, -0.2) is 145 Å². The van der Waals surface area contributed by atoms with E-state index in [1.54, 1.807) is 41.5 Å². The maximum Gasteiger partial charge on any atom is 0.408 e. The fourth-order valence-electron chi connectivity index (χ4n) is 15.0. The largest absolute Gasteiger partial charge is 0.480 e. The molecule has 0 unspecified atom stereocenters. The Kier molecular flexibility index (Phi) is 57.4. The summed E-state index contributed by atoms with van der Waals surface area (Å²) in [7, 11) is 0. The molecule has 148 heavy (non-hydrogen) atoms. The molecule has 0 aliphatic carbocycles. The highest BCUT2D eigenvalue weighted by molar-refractivity contribution is 5.93. The Morgan fingerprint density at radius 1 is 0.277 bits per heavy atom. The molecular formula is C121H155N5O22. The lowest BCUT2D eigenvalue weighted by Gasteiger charge is -2.25. The number of hydrogen-bond acceptors (Lipinski definition) is 22. The number of aryl methyl sites for hydroxylation is 2. The molecule has 0 saturated heterocycles. The summed E-state index contributed by atoms with van der Waals surface area (Å²) in [5.41, 5.74) is 20.2. The van der Waals surface area contributed by atoms with Gasteiger partial charge >= 0.3 is 48.0 Å². The van der Waals surface area contributed by atoms with Crippen LogP contribution in [0.1, 0.15) is 210 Å². The van der Waals surface area contributed by atoms with Crippen LogP contribution in [0.2, 0.25) is 0 Å². The average molecular weight is 2030 g/mol. The Morgan fingerprint density at radius 3 is 0.784 bits per heavy atom. The van der Waals surface area contributed by atoms with Crippen LogP contribution in [0.5, 0.6) is 0 Å². The summed E-state index contributed by atoms with van der Waals surface area (Å²) < 4.78 is 32.2. The predicted molar refractivity (Wildman–Crippen MR) is 574 cm³/mol. The summed E-state index contributed by atoms with van der Waals surface area (Å²) in [4.78, 5) is 148. The molecule has 27 nitrogen and oxygen atoms in total. The van der Waals surface area contributed by atoms with Crippen molar-refractivity contribution in [3.8, 4) is 0 Å². The number of aliphatic hydroxyl groups is 2. The number of hydrogen-bond donors (Lipinski definition) is 9. The molecule has 10 rings (SSSR count). The molecule has 0 fully saturated rings. The fourth-order valence-corrected chi connectivity index (χ4v) is 15.0. The quantitative estimate of drug-likeness (QED) is 0.0126. The lowest BCUT2D eigenvalue weighted by molar-refractivity contribution is -0.152. The van der Waals surface area contributed by atoms with Gasteiger partial charge in [-0.15, -0.1) is 0 Å². The summed E-state index contributed by atoms with van der Waals surface area (Å²) in [6, 6.07) is 91.9. The summed E-state index contributed by atoms with van der Waals surface area (Å²) in [5.74, 6) is -5.98. The molecule has 10 atom stereocenters. The summed E-state index contributed by atoms with van der Waals surface area (Å²) in [5, 5.41) is 44.6. The van der Waals surface area contributed by atoms with Crippen molar-refractivity contribution in [1.29, 1.82) is 0 Å². The first-order valence-corrected chi connectivity index (χ1v) is 50.6. The number of nitrogens with one attached hydrogen (secondary N) is 3. The lowest BCUT2D eigenvalue weighted by atomic mass is 9.89. The van der Waals surface area contributed by atoms with Crippen molar-refractivity contribution in [3.05, 3.63) is 359 Å². The molecule has 10 aromatic carbocycles. The normalized spacial score (nSPS) is 13.0. The number of carbonyl (C=O) groups is 12. The van der Waals surface area contributed by atoms with Crippen LogP contribution in [0.4, 0.5) is 9.59 Å². The number of amides is 3. The number of carboxylic acids is 2. The lowest BCUT2D eigenvalue weighted by Crippen LogP contribution is -2.47. The van der Waals surface area contributed by atoms with E-state index < -0.39 is 113 Å². The van der Waals surface area contributed by atoms with Gasteiger partial charge in [-0.3, -0.25) is 38.4 Å². The van der Waals surface area contributed by atoms with Gasteiger partial charge in [-0.25, -0.2) is 19.2 Å². The van der Waals surface area contributed by atoms with E-state index in [1.165, 1.54) is 0 Å². The van der Waals surface area contributed by atoms with Crippen molar-refractivity contribution in [2.75, 3.05) is 0 Å². The van der Waals surface area contributed by atoms with Gasteiger partial charge in [-0.05, 0) is 198 Å². The molecule has 0 bridgehead atoms. The van der Waals surface area contributed by atoms with Gasteiger partial charge in [-0.1, -0.05) is 359 Å². The molecule has 0 spiro atoms. The Balaban J connectivity index is 0.000000324. The van der Waals surface area contributed by atoms with Crippen LogP contribution in [0.3, 0.4) is 0 Å². The van der Waals surface area contributed by atoms with Crippen molar-refractivity contribution in [2.45, 2.75) is 273 Å². The standard InChI is InChI=1S/C33H39NO5.C28H37NO5.C23H29NO3.C16H17NO2.C11H21NO4.C10H12O3/c1-24(2)20-29(34-32(37)30(35)19-18-25-12-6-3-7-13-25)31(36)22-28(21-26-14-8-4-9-15-26)33(38)39-23-27-16-10-5-11-17-27;1-20(2)16-24(29-27(32)34-28(3,4)5)25(30)18-23(17-21-12-8-6-9-13-21)26(31)33-19-22-14-10-7-11-15-22;1-17(2)13-21(24)22(25)15-20(14-18-9-5-3-6-10-18)23(26)27-16-19-11-7-4-8-12-19;17-15(11-13-7-3-1-4-8-13)16(18)19-12-14-9-5-2-6-10-14;1-7(2)6-8(9(13)14)12-10(15)16-11(3,4)5;11-9(10(12)13)7-6-8-4-2-1-3-5-8/h3-17,24,28-30,35H,18-23H2,1-2H3,(H,34,37);6-15,20,23-24H,16-19H2,1-5H3,(H,29,32);3-12,17,20-21H,13-16,24H2,1-2H3;1-10,15H,11-12,17H2;7-8H,6H2,1-5H3,(H,12,15)(H,13,14);1-5,9,11H,6-7H2,(H,12,13)/t28-,29+,30+;23-,24+;20-,21+;15-;8-;9-/m111000/s1.